The Hall–Kier alpha value is -1.32. The van der Waals surface area contributed by atoms with Gasteiger partial charge in [-0.15, -0.1) is 0 Å². The molecule has 0 aliphatic heterocycles. The first-order valence-electron chi connectivity index (χ1n) is 6.17. The molecule has 0 saturated heterocycles. The standard InChI is InChI=1S/C13H24N2O2/c1-11(2)7-8-13(17)15-10-6-4-5-9-14-12(3)16/h7H,4-6,8-10H2,1-3H3,(H,14,16)(H,15,17). The summed E-state index contributed by atoms with van der Waals surface area (Å²) in [5.41, 5.74) is 1.16. The summed E-state index contributed by atoms with van der Waals surface area (Å²) in [5.74, 6) is 0.0908. The molecule has 0 fully saturated rings. The van der Waals surface area contributed by atoms with Gasteiger partial charge in [-0.05, 0) is 33.1 Å². The summed E-state index contributed by atoms with van der Waals surface area (Å²) in [7, 11) is 0. The second kappa shape index (κ2) is 9.87. The number of amides is 2. The molecule has 4 nitrogen and oxygen atoms in total. The molecule has 0 heterocycles. The lowest BCUT2D eigenvalue weighted by Gasteiger charge is -2.04. The number of rotatable bonds is 8. The van der Waals surface area contributed by atoms with Crippen LogP contribution in [0, 0.1) is 0 Å². The Morgan fingerprint density at radius 2 is 1.53 bits per heavy atom. The fraction of sp³-hybridized carbons (Fsp3) is 0.692. The van der Waals surface area contributed by atoms with Crippen molar-refractivity contribution in [3.8, 4) is 0 Å². The van der Waals surface area contributed by atoms with Gasteiger partial charge in [-0.2, -0.15) is 0 Å². The first-order chi connectivity index (χ1) is 8.02. The van der Waals surface area contributed by atoms with E-state index in [0.29, 0.717) is 6.42 Å². The largest absolute Gasteiger partial charge is 0.356 e. The van der Waals surface area contributed by atoms with Gasteiger partial charge in [-0.25, -0.2) is 0 Å². The normalized spacial score (nSPS) is 9.59. The van der Waals surface area contributed by atoms with Crippen LogP contribution in [0.4, 0.5) is 0 Å². The summed E-state index contributed by atoms with van der Waals surface area (Å²) in [5, 5.41) is 5.61. The number of carbonyl (C=O) groups is 2. The quantitative estimate of drug-likeness (QED) is 0.502. The molecule has 0 spiro atoms. The van der Waals surface area contributed by atoms with Crippen LogP contribution in [0.15, 0.2) is 11.6 Å². The van der Waals surface area contributed by atoms with E-state index in [-0.39, 0.29) is 11.8 Å². The van der Waals surface area contributed by atoms with Gasteiger partial charge in [0.25, 0.3) is 0 Å². The second-order valence-corrected chi connectivity index (χ2v) is 4.38. The van der Waals surface area contributed by atoms with Crippen molar-refractivity contribution in [2.75, 3.05) is 13.1 Å². The van der Waals surface area contributed by atoms with E-state index in [0.717, 1.165) is 37.9 Å². The first-order valence-corrected chi connectivity index (χ1v) is 6.17. The highest BCUT2D eigenvalue weighted by atomic mass is 16.2. The maximum Gasteiger partial charge on any atom is 0.223 e. The highest BCUT2D eigenvalue weighted by Crippen LogP contribution is 1.95. The average molecular weight is 240 g/mol. The number of allylic oxidation sites excluding steroid dienone is 1. The topological polar surface area (TPSA) is 58.2 Å². The van der Waals surface area contributed by atoms with E-state index >= 15 is 0 Å². The van der Waals surface area contributed by atoms with Crippen LogP contribution >= 0.6 is 0 Å². The number of hydrogen-bond acceptors (Lipinski definition) is 2. The Morgan fingerprint density at radius 1 is 0.941 bits per heavy atom. The van der Waals surface area contributed by atoms with E-state index in [1.807, 2.05) is 19.9 Å². The van der Waals surface area contributed by atoms with Crippen molar-refractivity contribution >= 4 is 11.8 Å². The first kappa shape index (κ1) is 15.7. The summed E-state index contributed by atoms with van der Waals surface area (Å²) in [6, 6.07) is 0. The minimum Gasteiger partial charge on any atom is -0.356 e. The summed E-state index contributed by atoms with van der Waals surface area (Å²) >= 11 is 0. The van der Waals surface area contributed by atoms with Crippen molar-refractivity contribution in [3.63, 3.8) is 0 Å². The molecule has 0 aliphatic rings. The Labute approximate surface area is 104 Å². The Kier molecular flexibility index (Phi) is 9.11. The molecule has 0 aliphatic carbocycles. The van der Waals surface area contributed by atoms with Gasteiger partial charge in [0.05, 0.1) is 0 Å². The van der Waals surface area contributed by atoms with Gasteiger partial charge in [-0.1, -0.05) is 11.6 Å². The van der Waals surface area contributed by atoms with Crippen molar-refractivity contribution in [3.05, 3.63) is 11.6 Å². The molecule has 2 amide bonds. The Balaban J connectivity index is 3.31. The lowest BCUT2D eigenvalue weighted by Crippen LogP contribution is -2.24. The van der Waals surface area contributed by atoms with E-state index in [1.54, 1.807) is 0 Å². The van der Waals surface area contributed by atoms with Gasteiger partial charge in [-0.3, -0.25) is 9.59 Å². The van der Waals surface area contributed by atoms with Crippen LogP contribution in [0.2, 0.25) is 0 Å². The maximum atomic E-state index is 11.3. The van der Waals surface area contributed by atoms with E-state index in [1.165, 1.54) is 6.92 Å². The lowest BCUT2D eigenvalue weighted by atomic mass is 10.2. The molecule has 0 bridgehead atoms. The third-order valence-electron chi connectivity index (χ3n) is 2.25. The zero-order valence-electron chi connectivity index (χ0n) is 11.1. The highest BCUT2D eigenvalue weighted by Gasteiger charge is 1.97. The predicted octanol–water partition coefficient (Wildman–Crippen LogP) is 1.77. The summed E-state index contributed by atoms with van der Waals surface area (Å²) < 4.78 is 0. The van der Waals surface area contributed by atoms with Crippen LogP contribution in [0.3, 0.4) is 0 Å². The summed E-state index contributed by atoms with van der Waals surface area (Å²) in [6.07, 6.45) is 5.33. The van der Waals surface area contributed by atoms with Gasteiger partial charge in [0.15, 0.2) is 0 Å². The number of hydrogen-bond donors (Lipinski definition) is 2. The molecule has 2 N–H and O–H groups in total. The fourth-order valence-electron chi connectivity index (χ4n) is 1.29. The van der Waals surface area contributed by atoms with Crippen LogP contribution in [-0.2, 0) is 9.59 Å². The van der Waals surface area contributed by atoms with Crippen molar-refractivity contribution in [2.45, 2.75) is 46.5 Å². The van der Waals surface area contributed by atoms with Crippen LogP contribution in [0.1, 0.15) is 46.5 Å². The van der Waals surface area contributed by atoms with Crippen molar-refractivity contribution in [1.29, 1.82) is 0 Å². The van der Waals surface area contributed by atoms with Crippen LogP contribution in [0.5, 0.6) is 0 Å². The molecular weight excluding hydrogens is 216 g/mol. The zero-order chi connectivity index (χ0) is 13.1. The minimum absolute atomic E-state index is 0.0139. The molecule has 0 unspecified atom stereocenters. The monoisotopic (exact) mass is 240 g/mol. The third-order valence-corrected chi connectivity index (χ3v) is 2.25. The van der Waals surface area contributed by atoms with E-state index in [4.69, 9.17) is 0 Å². The highest BCUT2D eigenvalue weighted by molar-refractivity contribution is 5.77. The van der Waals surface area contributed by atoms with Crippen LogP contribution in [-0.4, -0.2) is 24.9 Å². The summed E-state index contributed by atoms with van der Waals surface area (Å²) in [4.78, 5) is 21.9. The Bertz CT molecular complexity index is 269. The molecule has 0 radical (unpaired) electrons. The molecule has 0 atom stereocenters. The van der Waals surface area contributed by atoms with E-state index in [2.05, 4.69) is 10.6 Å². The smallest absolute Gasteiger partial charge is 0.223 e. The molecule has 4 heteroatoms. The molecule has 0 aromatic rings. The van der Waals surface area contributed by atoms with Crippen molar-refractivity contribution < 1.29 is 9.59 Å². The van der Waals surface area contributed by atoms with Gasteiger partial charge >= 0.3 is 0 Å². The molecule has 0 aromatic carbocycles. The van der Waals surface area contributed by atoms with Gasteiger partial charge in [0.1, 0.15) is 0 Å². The number of carbonyl (C=O) groups excluding carboxylic acids is 2. The minimum atomic E-state index is 0.0139. The molecule has 17 heavy (non-hydrogen) atoms. The van der Waals surface area contributed by atoms with E-state index in [9.17, 15) is 9.59 Å². The van der Waals surface area contributed by atoms with E-state index < -0.39 is 0 Å². The molecule has 98 valence electrons. The van der Waals surface area contributed by atoms with Crippen molar-refractivity contribution in [1.82, 2.24) is 10.6 Å². The van der Waals surface area contributed by atoms with Crippen LogP contribution < -0.4 is 10.6 Å². The molecule has 0 saturated carbocycles. The maximum absolute atomic E-state index is 11.3. The average Bonchev–Trinajstić information content (AvgIpc) is 2.24. The summed E-state index contributed by atoms with van der Waals surface area (Å²) in [6.45, 7) is 6.92. The van der Waals surface area contributed by atoms with Gasteiger partial charge < -0.3 is 10.6 Å². The molecule has 0 rings (SSSR count). The number of nitrogens with one attached hydrogen (secondary N) is 2. The SMILES string of the molecule is CC(=O)NCCCCCNC(=O)CC=C(C)C. The fourth-order valence-corrected chi connectivity index (χ4v) is 1.29. The second-order valence-electron chi connectivity index (χ2n) is 4.38. The molecule has 0 aromatic heterocycles. The van der Waals surface area contributed by atoms with Gasteiger partial charge in [0, 0.05) is 26.4 Å². The Morgan fingerprint density at radius 3 is 2.06 bits per heavy atom. The molecular formula is C13H24N2O2. The lowest BCUT2D eigenvalue weighted by molar-refractivity contribution is -0.120. The zero-order valence-corrected chi connectivity index (χ0v) is 11.1. The van der Waals surface area contributed by atoms with Crippen LogP contribution in [0.25, 0.3) is 0 Å². The van der Waals surface area contributed by atoms with Crippen molar-refractivity contribution in [2.24, 2.45) is 0 Å². The number of unbranched alkanes of at least 4 members (excludes halogenated alkanes) is 2. The predicted molar refractivity (Wildman–Crippen MR) is 69.6 cm³/mol. The third kappa shape index (κ3) is 12.6. The van der Waals surface area contributed by atoms with Gasteiger partial charge in [0.2, 0.25) is 11.8 Å².